The first-order valence-corrected chi connectivity index (χ1v) is 4.12. The van der Waals surface area contributed by atoms with Gasteiger partial charge in [0.05, 0.1) is 6.61 Å². The van der Waals surface area contributed by atoms with Crippen molar-refractivity contribution >= 4 is 0 Å². The zero-order chi connectivity index (χ0) is 8.97. The molecule has 0 aromatic rings. The second kappa shape index (κ2) is 4.24. The monoisotopic (exact) mass is 165 g/mol. The number of nitrogens with one attached hydrogen (secondary N) is 1. The minimum absolute atomic E-state index is 0.180. The molecule has 0 aromatic heterocycles. The van der Waals surface area contributed by atoms with Crippen LogP contribution >= 0.6 is 0 Å². The summed E-state index contributed by atoms with van der Waals surface area (Å²) in [6.45, 7) is 8.55. The molecular weight excluding hydrogens is 150 g/mol. The van der Waals surface area contributed by atoms with Gasteiger partial charge in [-0.05, 0) is 17.6 Å². The van der Waals surface area contributed by atoms with E-state index in [0.717, 1.165) is 18.5 Å². The van der Waals surface area contributed by atoms with Gasteiger partial charge in [0, 0.05) is 12.6 Å². The third-order valence-electron chi connectivity index (χ3n) is 2.07. The molecular formula is C10H15NO. The lowest BCUT2D eigenvalue weighted by Crippen LogP contribution is -2.38. The third kappa shape index (κ3) is 2.06. The molecule has 0 amide bonds. The molecule has 0 aliphatic carbocycles. The van der Waals surface area contributed by atoms with Crippen LogP contribution in [0.3, 0.4) is 0 Å². The molecule has 0 spiro atoms. The second-order valence-corrected chi connectivity index (χ2v) is 3.00. The van der Waals surface area contributed by atoms with Crippen LogP contribution in [0.4, 0.5) is 0 Å². The zero-order valence-corrected chi connectivity index (χ0v) is 7.21. The maximum absolute atomic E-state index is 8.88. The second-order valence-electron chi connectivity index (χ2n) is 3.00. The molecule has 1 fully saturated rings. The molecule has 1 aliphatic rings. The Morgan fingerprint density at radius 1 is 1.67 bits per heavy atom. The molecule has 2 heteroatoms. The summed E-state index contributed by atoms with van der Waals surface area (Å²) in [6, 6.07) is 0.180. The Hall–Kier alpha value is -0.860. The van der Waals surface area contributed by atoms with Crippen LogP contribution in [0, 0.1) is 0 Å². The zero-order valence-electron chi connectivity index (χ0n) is 7.21. The average Bonchev–Trinajstić information content (AvgIpc) is 2.09. The van der Waals surface area contributed by atoms with Crippen LogP contribution in [0.1, 0.15) is 6.42 Å². The van der Waals surface area contributed by atoms with Gasteiger partial charge in [-0.25, -0.2) is 0 Å². The minimum atomic E-state index is 0.180. The van der Waals surface area contributed by atoms with E-state index < -0.39 is 0 Å². The molecule has 0 saturated carbocycles. The molecule has 1 atom stereocenters. The van der Waals surface area contributed by atoms with Crippen LogP contribution < -0.4 is 5.32 Å². The molecule has 1 unspecified atom stereocenters. The highest BCUT2D eigenvalue weighted by Gasteiger charge is 2.16. The fraction of sp³-hybridized carbons (Fsp3) is 0.400. The van der Waals surface area contributed by atoms with Gasteiger partial charge in [0.2, 0.25) is 0 Å². The van der Waals surface area contributed by atoms with Gasteiger partial charge in [0.1, 0.15) is 0 Å². The number of hydrogen-bond acceptors (Lipinski definition) is 2. The van der Waals surface area contributed by atoms with Crippen LogP contribution in [0.15, 0.2) is 36.5 Å². The van der Waals surface area contributed by atoms with E-state index >= 15 is 0 Å². The molecule has 1 heterocycles. The van der Waals surface area contributed by atoms with Crippen LogP contribution in [0.5, 0.6) is 0 Å². The number of aliphatic hydroxyl groups excluding tert-OH is 1. The fourth-order valence-corrected chi connectivity index (χ4v) is 1.33. The molecule has 1 rings (SSSR count). The van der Waals surface area contributed by atoms with Gasteiger partial charge in [-0.1, -0.05) is 25.3 Å². The van der Waals surface area contributed by atoms with Crippen molar-refractivity contribution in [2.45, 2.75) is 12.5 Å². The van der Waals surface area contributed by atoms with Gasteiger partial charge in [-0.2, -0.15) is 0 Å². The predicted molar refractivity (Wildman–Crippen MR) is 50.9 cm³/mol. The summed E-state index contributed by atoms with van der Waals surface area (Å²) in [7, 11) is 0. The van der Waals surface area contributed by atoms with E-state index in [1.165, 1.54) is 5.57 Å². The van der Waals surface area contributed by atoms with Crippen LogP contribution in [0.25, 0.3) is 0 Å². The van der Waals surface area contributed by atoms with Crippen LogP contribution in [-0.2, 0) is 0 Å². The van der Waals surface area contributed by atoms with Gasteiger partial charge < -0.3 is 10.4 Å². The van der Waals surface area contributed by atoms with E-state index in [2.05, 4.69) is 18.5 Å². The summed E-state index contributed by atoms with van der Waals surface area (Å²) >= 11 is 0. The molecule has 12 heavy (non-hydrogen) atoms. The van der Waals surface area contributed by atoms with Crippen molar-refractivity contribution in [2.75, 3.05) is 13.2 Å². The lowest BCUT2D eigenvalue weighted by Gasteiger charge is -2.25. The average molecular weight is 165 g/mol. The SMILES string of the molecule is C=C/C=C1/CNC(CO)CC1=C. The topological polar surface area (TPSA) is 32.3 Å². The van der Waals surface area contributed by atoms with Gasteiger partial charge in [0.15, 0.2) is 0 Å². The first-order chi connectivity index (χ1) is 5.77. The third-order valence-corrected chi connectivity index (χ3v) is 2.07. The maximum Gasteiger partial charge on any atom is 0.0587 e. The number of rotatable bonds is 2. The van der Waals surface area contributed by atoms with E-state index in [4.69, 9.17) is 5.11 Å². The van der Waals surface area contributed by atoms with Crippen molar-refractivity contribution in [1.29, 1.82) is 0 Å². The van der Waals surface area contributed by atoms with Crippen molar-refractivity contribution in [1.82, 2.24) is 5.32 Å². The van der Waals surface area contributed by atoms with E-state index in [1.54, 1.807) is 6.08 Å². The lowest BCUT2D eigenvalue weighted by atomic mass is 9.95. The predicted octanol–water partition coefficient (Wildman–Crippen LogP) is 1.01. The quantitative estimate of drug-likeness (QED) is 0.640. The summed E-state index contributed by atoms with van der Waals surface area (Å²) in [5.41, 5.74) is 2.29. The Morgan fingerprint density at radius 3 is 2.92 bits per heavy atom. The smallest absolute Gasteiger partial charge is 0.0587 e. The fourth-order valence-electron chi connectivity index (χ4n) is 1.33. The molecule has 2 N–H and O–H groups in total. The first-order valence-electron chi connectivity index (χ1n) is 4.12. The molecule has 2 nitrogen and oxygen atoms in total. The highest BCUT2D eigenvalue weighted by atomic mass is 16.3. The molecule has 66 valence electrons. The molecule has 1 aliphatic heterocycles. The van der Waals surface area contributed by atoms with Crippen molar-refractivity contribution < 1.29 is 5.11 Å². The Balaban J connectivity index is 2.59. The standard InChI is InChI=1S/C10H15NO/c1-3-4-9-6-11-10(7-12)5-8(9)2/h3-4,10-12H,1-2,5-7H2/b9-4-. The number of hydrogen-bond donors (Lipinski definition) is 2. The molecule has 0 radical (unpaired) electrons. The van der Waals surface area contributed by atoms with E-state index in [1.807, 2.05) is 6.08 Å². The van der Waals surface area contributed by atoms with Crippen molar-refractivity contribution in [3.8, 4) is 0 Å². The Bertz CT molecular complexity index is 218. The minimum Gasteiger partial charge on any atom is -0.395 e. The van der Waals surface area contributed by atoms with Crippen LogP contribution in [0.2, 0.25) is 0 Å². The first kappa shape index (κ1) is 9.23. The largest absolute Gasteiger partial charge is 0.395 e. The molecule has 0 aromatic carbocycles. The summed E-state index contributed by atoms with van der Waals surface area (Å²) in [4.78, 5) is 0. The van der Waals surface area contributed by atoms with Crippen LogP contribution in [-0.4, -0.2) is 24.3 Å². The molecule has 0 bridgehead atoms. The molecule has 1 saturated heterocycles. The summed E-state index contributed by atoms with van der Waals surface area (Å²) in [6.07, 6.45) is 4.56. The highest BCUT2D eigenvalue weighted by Crippen LogP contribution is 2.18. The summed E-state index contributed by atoms with van der Waals surface area (Å²) in [5.74, 6) is 0. The van der Waals surface area contributed by atoms with Gasteiger partial charge in [0.25, 0.3) is 0 Å². The summed E-state index contributed by atoms with van der Waals surface area (Å²) in [5, 5.41) is 12.1. The van der Waals surface area contributed by atoms with E-state index in [0.29, 0.717) is 0 Å². The van der Waals surface area contributed by atoms with Gasteiger partial charge in [-0.3, -0.25) is 0 Å². The number of piperidine rings is 1. The van der Waals surface area contributed by atoms with E-state index in [9.17, 15) is 0 Å². The maximum atomic E-state index is 8.88. The Kier molecular flexibility index (Phi) is 3.26. The van der Waals surface area contributed by atoms with Crippen molar-refractivity contribution in [3.05, 3.63) is 36.5 Å². The van der Waals surface area contributed by atoms with Crippen molar-refractivity contribution in [2.24, 2.45) is 0 Å². The summed E-state index contributed by atoms with van der Waals surface area (Å²) < 4.78 is 0. The van der Waals surface area contributed by atoms with Gasteiger partial charge >= 0.3 is 0 Å². The van der Waals surface area contributed by atoms with Gasteiger partial charge in [-0.15, -0.1) is 0 Å². The van der Waals surface area contributed by atoms with E-state index in [-0.39, 0.29) is 12.6 Å². The normalized spacial score (nSPS) is 27.6. The highest BCUT2D eigenvalue weighted by molar-refractivity contribution is 5.35. The Labute approximate surface area is 73.3 Å². The number of aliphatic hydroxyl groups is 1. The number of allylic oxidation sites excluding steroid dienone is 2. The Morgan fingerprint density at radius 2 is 2.42 bits per heavy atom. The lowest BCUT2D eigenvalue weighted by molar-refractivity contribution is 0.240. The van der Waals surface area contributed by atoms with Crippen molar-refractivity contribution in [3.63, 3.8) is 0 Å².